The molecule has 2 N–H and O–H groups in total. The van der Waals surface area contributed by atoms with Crippen molar-refractivity contribution in [2.24, 2.45) is 10.7 Å². The van der Waals surface area contributed by atoms with Crippen LogP contribution in [0.5, 0.6) is 0 Å². The second-order valence-electron chi connectivity index (χ2n) is 7.16. The lowest BCUT2D eigenvalue weighted by Crippen LogP contribution is -2.46. The molecule has 2 aliphatic heterocycles. The summed E-state index contributed by atoms with van der Waals surface area (Å²) in [6.45, 7) is 9.58. The first kappa shape index (κ1) is 21.3. The molecule has 0 aromatic rings. The number of rotatable bonds is 8. The lowest BCUT2D eigenvalue weighted by molar-refractivity contribution is -0.0922. The van der Waals surface area contributed by atoms with Crippen molar-refractivity contribution in [3.8, 4) is 0 Å². The topological polar surface area (TPSA) is 50.9 Å². The van der Waals surface area contributed by atoms with E-state index in [-0.39, 0.29) is 11.6 Å². The van der Waals surface area contributed by atoms with E-state index in [9.17, 15) is 13.2 Å². The summed E-state index contributed by atoms with van der Waals surface area (Å²) in [6.07, 6.45) is 1.68. The van der Waals surface area contributed by atoms with Crippen molar-refractivity contribution in [2.45, 2.75) is 63.4 Å². The number of hydrogen-bond donors (Lipinski definition) is 1. The molecule has 2 saturated heterocycles. The van der Waals surface area contributed by atoms with Crippen LogP contribution in [0.2, 0.25) is 0 Å². The highest BCUT2D eigenvalue weighted by atomic mass is 32.2. The quantitative estimate of drug-likeness (QED) is 0.385. The zero-order valence-corrected chi connectivity index (χ0v) is 16.2. The van der Waals surface area contributed by atoms with Gasteiger partial charge in [0.1, 0.15) is 5.70 Å². The third kappa shape index (κ3) is 5.27. The zero-order valence-electron chi connectivity index (χ0n) is 15.4. The molecule has 148 valence electrons. The summed E-state index contributed by atoms with van der Waals surface area (Å²) in [5.41, 5.74) is 4.09. The van der Waals surface area contributed by atoms with E-state index in [0.29, 0.717) is 17.3 Å². The molecule has 0 aromatic heterocycles. The van der Waals surface area contributed by atoms with Crippen LogP contribution in [0, 0.1) is 0 Å². The number of thioether (sulfide) groups is 1. The molecule has 8 heteroatoms. The second kappa shape index (κ2) is 8.80. The van der Waals surface area contributed by atoms with Gasteiger partial charge in [0.15, 0.2) is 0 Å². The Kier molecular flexibility index (Phi) is 7.21. The van der Waals surface area contributed by atoms with Crippen molar-refractivity contribution >= 4 is 18.1 Å². The third-order valence-electron chi connectivity index (χ3n) is 4.98. The van der Waals surface area contributed by atoms with Gasteiger partial charge in [0.25, 0.3) is 0 Å². The van der Waals surface area contributed by atoms with Crippen molar-refractivity contribution in [3.05, 3.63) is 23.3 Å². The smallest absolute Gasteiger partial charge is 0.390 e. The summed E-state index contributed by atoms with van der Waals surface area (Å²) in [5, 5.41) is 0. The molecule has 0 amide bonds. The van der Waals surface area contributed by atoms with Crippen LogP contribution in [0.1, 0.15) is 39.5 Å². The number of alkyl halides is 3. The van der Waals surface area contributed by atoms with E-state index in [1.807, 2.05) is 13.8 Å². The molecule has 0 unspecified atom stereocenters. The number of ether oxygens (including phenoxy) is 1. The molecule has 0 radical (unpaired) electrons. The average molecular weight is 392 g/mol. The lowest BCUT2D eigenvalue weighted by atomic mass is 9.95. The fraction of sp³-hybridized carbons (Fsp3) is 0.722. The first-order chi connectivity index (χ1) is 12.2. The van der Waals surface area contributed by atoms with Crippen LogP contribution in [0.4, 0.5) is 13.2 Å². The molecular weight excluding hydrogens is 363 g/mol. The summed E-state index contributed by atoms with van der Waals surface area (Å²) >= 11 is 1.35. The van der Waals surface area contributed by atoms with Crippen LogP contribution < -0.4 is 5.73 Å². The number of nitrogens with zero attached hydrogens (tertiary/aromatic N) is 2. The Hall–Kier alpha value is -0.990. The minimum absolute atomic E-state index is 0.105. The molecule has 0 spiro atoms. The maximum Gasteiger partial charge on any atom is 0.433 e. The van der Waals surface area contributed by atoms with Crippen LogP contribution in [0.25, 0.3) is 0 Å². The summed E-state index contributed by atoms with van der Waals surface area (Å²) in [5.74, 6) is 0.718. The van der Waals surface area contributed by atoms with Crippen LogP contribution in [0.3, 0.4) is 0 Å². The number of allylic oxidation sites excluding steroid dienone is 2. The van der Waals surface area contributed by atoms with Gasteiger partial charge in [-0.3, -0.25) is 4.90 Å². The number of hydrogen-bond acceptors (Lipinski definition) is 4. The van der Waals surface area contributed by atoms with Gasteiger partial charge in [-0.15, -0.1) is 11.8 Å². The number of halogens is 3. The summed E-state index contributed by atoms with van der Waals surface area (Å²) in [7, 11) is 0. The van der Waals surface area contributed by atoms with E-state index in [1.54, 1.807) is 0 Å². The molecule has 0 aliphatic carbocycles. The number of aliphatic imine (C=N–C) groups is 1. The molecule has 2 fully saturated rings. The molecule has 2 rings (SSSR count). The predicted molar refractivity (Wildman–Crippen MR) is 101 cm³/mol. The molecule has 2 atom stereocenters. The molecule has 0 aromatic carbocycles. The first-order valence-electron chi connectivity index (χ1n) is 8.91. The maximum absolute atomic E-state index is 12.9. The van der Waals surface area contributed by atoms with E-state index < -0.39 is 11.9 Å². The summed E-state index contributed by atoms with van der Waals surface area (Å²) < 4.78 is 44.5. The Morgan fingerprint density at radius 2 is 2.19 bits per heavy atom. The van der Waals surface area contributed by atoms with E-state index in [1.165, 1.54) is 11.8 Å². The molecule has 2 heterocycles. The predicted octanol–water partition coefficient (Wildman–Crippen LogP) is 4.09. The summed E-state index contributed by atoms with van der Waals surface area (Å²) in [6, 6.07) is 0.343. The van der Waals surface area contributed by atoms with Gasteiger partial charge in [0.2, 0.25) is 0 Å². The zero-order chi connectivity index (χ0) is 19.4. The largest absolute Gasteiger partial charge is 0.433 e. The van der Waals surface area contributed by atoms with Crippen LogP contribution in [0.15, 0.2) is 28.2 Å². The highest BCUT2D eigenvalue weighted by molar-refractivity contribution is 8.03. The Bertz CT molecular complexity index is 562. The van der Waals surface area contributed by atoms with Gasteiger partial charge in [-0.25, -0.2) is 4.99 Å². The Labute approximate surface area is 157 Å². The van der Waals surface area contributed by atoms with Gasteiger partial charge < -0.3 is 10.5 Å². The van der Waals surface area contributed by atoms with Crippen LogP contribution in [-0.4, -0.2) is 54.0 Å². The van der Waals surface area contributed by atoms with Gasteiger partial charge >= 0.3 is 6.18 Å². The normalized spacial score (nSPS) is 27.6. The fourth-order valence-corrected chi connectivity index (χ4v) is 4.73. The van der Waals surface area contributed by atoms with Gasteiger partial charge in [0.05, 0.1) is 19.0 Å². The van der Waals surface area contributed by atoms with Gasteiger partial charge in [-0.05, 0) is 52.2 Å². The van der Waals surface area contributed by atoms with Gasteiger partial charge in [0, 0.05) is 22.2 Å². The minimum Gasteiger partial charge on any atom is -0.390 e. The third-order valence-corrected chi connectivity index (χ3v) is 6.02. The van der Waals surface area contributed by atoms with E-state index >= 15 is 0 Å². The van der Waals surface area contributed by atoms with Crippen molar-refractivity contribution in [2.75, 3.05) is 18.9 Å². The minimum atomic E-state index is -4.54. The highest BCUT2D eigenvalue weighted by Gasteiger charge is 2.49. The van der Waals surface area contributed by atoms with Crippen molar-refractivity contribution in [1.82, 2.24) is 4.90 Å². The Morgan fingerprint density at radius 3 is 2.81 bits per heavy atom. The van der Waals surface area contributed by atoms with Crippen LogP contribution in [-0.2, 0) is 4.74 Å². The Morgan fingerprint density at radius 1 is 1.46 bits per heavy atom. The summed E-state index contributed by atoms with van der Waals surface area (Å²) in [4.78, 5) is 6.06. The molecule has 4 nitrogen and oxygen atoms in total. The highest BCUT2D eigenvalue weighted by Crippen LogP contribution is 2.44. The fourth-order valence-electron chi connectivity index (χ4n) is 3.78. The van der Waals surface area contributed by atoms with E-state index in [0.717, 1.165) is 50.7 Å². The van der Waals surface area contributed by atoms with Crippen molar-refractivity contribution < 1.29 is 17.9 Å². The molecule has 2 aliphatic rings. The monoisotopic (exact) mass is 391 g/mol. The van der Waals surface area contributed by atoms with Gasteiger partial charge in [-0.1, -0.05) is 6.58 Å². The SMILES string of the molecule is C=C(/C=C(\N=CN)C(F)(F)F)SC[C@@H]1CC[C@]2(COC(C)C)CCCN12. The Balaban J connectivity index is 1.94. The number of nitrogens with two attached hydrogens (primary N) is 1. The van der Waals surface area contributed by atoms with Crippen molar-refractivity contribution in [3.63, 3.8) is 0 Å². The van der Waals surface area contributed by atoms with E-state index in [2.05, 4.69) is 16.5 Å². The second-order valence-corrected chi connectivity index (χ2v) is 8.30. The number of fused-ring (bicyclic) bond motifs is 1. The molecule has 0 saturated carbocycles. The van der Waals surface area contributed by atoms with E-state index in [4.69, 9.17) is 10.5 Å². The molecule has 26 heavy (non-hydrogen) atoms. The van der Waals surface area contributed by atoms with Crippen molar-refractivity contribution in [1.29, 1.82) is 0 Å². The lowest BCUT2D eigenvalue weighted by Gasteiger charge is -2.35. The van der Waals surface area contributed by atoms with Crippen LogP contribution >= 0.6 is 11.8 Å². The molecule has 0 bridgehead atoms. The average Bonchev–Trinajstić information content (AvgIpc) is 3.09. The maximum atomic E-state index is 12.9. The first-order valence-corrected chi connectivity index (χ1v) is 9.90. The standard InChI is InChI=1S/C18H28F3N3OS/c1-13(2)25-11-17-6-4-8-24(17)15(5-7-17)10-26-14(3)9-16(23-12-22)18(19,20)21/h9,12-13,15H,3-8,10-11H2,1-2H3,(H2,22,23)/b16-9-/t15-,17-/m0/s1. The molecular formula is C18H28F3N3OS. The van der Waals surface area contributed by atoms with Gasteiger partial charge in [-0.2, -0.15) is 13.2 Å².